The van der Waals surface area contributed by atoms with Crippen molar-refractivity contribution in [3.63, 3.8) is 0 Å². The third kappa shape index (κ3) is 4.84. The van der Waals surface area contributed by atoms with Crippen LogP contribution in [-0.4, -0.2) is 25.0 Å². The topological polar surface area (TPSA) is 29.3 Å². The van der Waals surface area contributed by atoms with Crippen molar-refractivity contribution in [2.75, 3.05) is 20.1 Å². The first-order valence-corrected chi connectivity index (χ1v) is 6.06. The maximum atomic E-state index is 13.4. The molecule has 0 saturated heterocycles. The van der Waals surface area contributed by atoms with Crippen LogP contribution in [0.1, 0.15) is 25.8 Å². The molecule has 0 aromatic heterocycles. The van der Waals surface area contributed by atoms with Crippen LogP contribution >= 0.6 is 0 Å². The number of rotatable bonds is 6. The minimum atomic E-state index is -0.127. The van der Waals surface area contributed by atoms with Gasteiger partial charge >= 0.3 is 0 Å². The molecule has 17 heavy (non-hydrogen) atoms. The van der Waals surface area contributed by atoms with Gasteiger partial charge in [0, 0.05) is 12.1 Å². The molecular weight excluding hydrogens is 215 g/mol. The van der Waals surface area contributed by atoms with E-state index in [1.807, 2.05) is 19.2 Å². The predicted octanol–water partition coefficient (Wildman–Crippen LogP) is 2.63. The Morgan fingerprint density at radius 2 is 1.94 bits per heavy atom. The number of halogens is 1. The largest absolute Gasteiger partial charge is 0.330 e. The first-order valence-electron chi connectivity index (χ1n) is 6.06. The third-order valence-electron chi connectivity index (χ3n) is 3.12. The lowest BCUT2D eigenvalue weighted by Gasteiger charge is -2.26. The van der Waals surface area contributed by atoms with Crippen molar-refractivity contribution in [1.29, 1.82) is 0 Å². The summed E-state index contributed by atoms with van der Waals surface area (Å²) in [5.41, 5.74) is 6.60. The van der Waals surface area contributed by atoms with Crippen molar-refractivity contribution < 1.29 is 4.39 Å². The number of hydrogen-bond donors (Lipinski definition) is 1. The van der Waals surface area contributed by atoms with Crippen LogP contribution in [0.3, 0.4) is 0 Å². The molecule has 96 valence electrons. The Hall–Kier alpha value is -0.930. The van der Waals surface area contributed by atoms with E-state index in [9.17, 15) is 4.39 Å². The van der Waals surface area contributed by atoms with E-state index in [-0.39, 0.29) is 11.2 Å². The summed E-state index contributed by atoms with van der Waals surface area (Å²) in [5, 5.41) is 0. The van der Waals surface area contributed by atoms with Crippen LogP contribution in [0.2, 0.25) is 0 Å². The molecule has 2 nitrogen and oxygen atoms in total. The fraction of sp³-hybridized carbons (Fsp3) is 0.571. The average Bonchev–Trinajstić information content (AvgIpc) is 2.30. The zero-order chi connectivity index (χ0) is 12.9. The highest BCUT2D eigenvalue weighted by molar-refractivity contribution is 5.16. The monoisotopic (exact) mass is 238 g/mol. The summed E-state index contributed by atoms with van der Waals surface area (Å²) in [7, 11) is 2.01. The van der Waals surface area contributed by atoms with Gasteiger partial charge in [-0.3, -0.25) is 0 Å². The normalized spacial score (nSPS) is 12.1. The molecular formula is C14H23FN2. The van der Waals surface area contributed by atoms with E-state index < -0.39 is 0 Å². The first-order chi connectivity index (χ1) is 7.94. The quantitative estimate of drug-likeness (QED) is 0.825. The molecule has 0 spiro atoms. The molecule has 1 aromatic rings. The van der Waals surface area contributed by atoms with Gasteiger partial charge in [-0.1, -0.05) is 32.0 Å². The average molecular weight is 238 g/mol. The summed E-state index contributed by atoms with van der Waals surface area (Å²) >= 11 is 0. The number of hydrogen-bond acceptors (Lipinski definition) is 2. The highest BCUT2D eigenvalue weighted by Crippen LogP contribution is 2.19. The Kier molecular flexibility index (Phi) is 5.09. The fourth-order valence-electron chi connectivity index (χ4n) is 1.59. The van der Waals surface area contributed by atoms with E-state index in [2.05, 4.69) is 18.7 Å². The van der Waals surface area contributed by atoms with E-state index in [1.165, 1.54) is 6.07 Å². The molecule has 0 atom stereocenters. The van der Waals surface area contributed by atoms with E-state index >= 15 is 0 Å². The Bertz CT molecular complexity index is 350. The molecule has 0 aliphatic carbocycles. The Balaban J connectivity index is 2.45. The molecule has 0 aliphatic rings. The minimum absolute atomic E-state index is 0.127. The Morgan fingerprint density at radius 1 is 1.29 bits per heavy atom. The van der Waals surface area contributed by atoms with Crippen LogP contribution in [0.15, 0.2) is 24.3 Å². The maximum absolute atomic E-state index is 13.4. The van der Waals surface area contributed by atoms with Crippen LogP contribution in [0, 0.1) is 11.2 Å². The van der Waals surface area contributed by atoms with E-state index in [1.54, 1.807) is 6.07 Å². The summed E-state index contributed by atoms with van der Waals surface area (Å²) in [6.07, 6.45) is 1.02. The number of benzene rings is 1. The molecule has 0 saturated carbocycles. The van der Waals surface area contributed by atoms with Gasteiger partial charge in [-0.25, -0.2) is 4.39 Å². The molecule has 0 bridgehead atoms. The van der Waals surface area contributed by atoms with Gasteiger partial charge in [0.1, 0.15) is 5.82 Å². The summed E-state index contributed by atoms with van der Waals surface area (Å²) in [6, 6.07) is 6.93. The van der Waals surface area contributed by atoms with Gasteiger partial charge in [-0.2, -0.15) is 0 Å². The van der Waals surface area contributed by atoms with Crippen LogP contribution in [-0.2, 0) is 6.54 Å². The lowest BCUT2D eigenvalue weighted by Crippen LogP contribution is -2.29. The van der Waals surface area contributed by atoms with Gasteiger partial charge in [-0.15, -0.1) is 0 Å². The maximum Gasteiger partial charge on any atom is 0.127 e. The highest BCUT2D eigenvalue weighted by atomic mass is 19.1. The Labute approximate surface area is 104 Å². The van der Waals surface area contributed by atoms with Crippen LogP contribution < -0.4 is 5.73 Å². The molecule has 1 rings (SSSR count). The molecule has 0 unspecified atom stereocenters. The van der Waals surface area contributed by atoms with Crippen molar-refractivity contribution in [1.82, 2.24) is 4.90 Å². The van der Waals surface area contributed by atoms with Crippen molar-refractivity contribution >= 4 is 0 Å². The summed E-state index contributed by atoms with van der Waals surface area (Å²) < 4.78 is 13.4. The SMILES string of the molecule is CN(CCC(C)(C)CN)Cc1ccccc1F. The number of nitrogens with two attached hydrogens (primary N) is 1. The predicted molar refractivity (Wildman–Crippen MR) is 70.2 cm³/mol. The Morgan fingerprint density at radius 3 is 2.53 bits per heavy atom. The lowest BCUT2D eigenvalue weighted by atomic mass is 9.89. The molecule has 2 N–H and O–H groups in total. The summed E-state index contributed by atoms with van der Waals surface area (Å²) in [6.45, 7) is 6.57. The second-order valence-corrected chi connectivity index (χ2v) is 5.45. The smallest absolute Gasteiger partial charge is 0.127 e. The first kappa shape index (κ1) is 14.1. The molecule has 0 heterocycles. The standard InChI is InChI=1S/C14H23FN2/c1-14(2,11-16)8-9-17(3)10-12-6-4-5-7-13(12)15/h4-7H,8-11,16H2,1-3H3. The zero-order valence-electron chi connectivity index (χ0n) is 11.0. The van der Waals surface area contributed by atoms with Gasteiger partial charge in [0.2, 0.25) is 0 Å². The summed E-state index contributed by atoms with van der Waals surface area (Å²) in [5.74, 6) is -0.127. The van der Waals surface area contributed by atoms with Crippen molar-refractivity contribution in [3.8, 4) is 0 Å². The zero-order valence-corrected chi connectivity index (χ0v) is 11.0. The second-order valence-electron chi connectivity index (χ2n) is 5.45. The van der Waals surface area contributed by atoms with Crippen molar-refractivity contribution in [2.24, 2.45) is 11.1 Å². The van der Waals surface area contributed by atoms with Gasteiger partial charge in [0.15, 0.2) is 0 Å². The van der Waals surface area contributed by atoms with E-state index in [4.69, 9.17) is 5.73 Å². The molecule has 0 fully saturated rings. The highest BCUT2D eigenvalue weighted by Gasteiger charge is 2.16. The molecule has 0 radical (unpaired) electrons. The lowest BCUT2D eigenvalue weighted by molar-refractivity contribution is 0.247. The van der Waals surface area contributed by atoms with Crippen LogP contribution in [0.5, 0.6) is 0 Å². The molecule has 0 amide bonds. The molecule has 0 aliphatic heterocycles. The number of nitrogens with zero attached hydrogens (tertiary/aromatic N) is 1. The summed E-state index contributed by atoms with van der Waals surface area (Å²) in [4.78, 5) is 2.13. The van der Waals surface area contributed by atoms with Crippen molar-refractivity contribution in [3.05, 3.63) is 35.6 Å². The van der Waals surface area contributed by atoms with Gasteiger partial charge in [0.05, 0.1) is 0 Å². The molecule has 3 heteroatoms. The molecule has 1 aromatic carbocycles. The van der Waals surface area contributed by atoms with E-state index in [0.29, 0.717) is 13.1 Å². The third-order valence-corrected chi connectivity index (χ3v) is 3.12. The minimum Gasteiger partial charge on any atom is -0.330 e. The van der Waals surface area contributed by atoms with E-state index in [0.717, 1.165) is 18.5 Å². The van der Waals surface area contributed by atoms with Crippen LogP contribution in [0.25, 0.3) is 0 Å². The second kappa shape index (κ2) is 6.12. The van der Waals surface area contributed by atoms with Gasteiger partial charge in [0.25, 0.3) is 0 Å². The van der Waals surface area contributed by atoms with Gasteiger partial charge in [-0.05, 0) is 38.0 Å². The van der Waals surface area contributed by atoms with Crippen molar-refractivity contribution in [2.45, 2.75) is 26.8 Å². The van der Waals surface area contributed by atoms with Crippen LogP contribution in [0.4, 0.5) is 4.39 Å². The van der Waals surface area contributed by atoms with Gasteiger partial charge < -0.3 is 10.6 Å². The fourth-order valence-corrected chi connectivity index (χ4v) is 1.59.